The first-order chi connectivity index (χ1) is 15.1. The Morgan fingerprint density at radius 3 is 1.59 bits per heavy atom. The lowest BCUT2D eigenvalue weighted by atomic mass is 10.1. The van der Waals surface area contributed by atoms with E-state index in [9.17, 15) is 4.79 Å². The van der Waals surface area contributed by atoms with E-state index in [2.05, 4.69) is 72.8 Å². The molecular weight excluding hydrogens is 503 g/mol. The number of ether oxygens (including phenoxy) is 1. The quantitative estimate of drug-likeness (QED) is 0.286. The van der Waals surface area contributed by atoms with Gasteiger partial charge >= 0.3 is 5.97 Å². The Morgan fingerprint density at radius 1 is 0.750 bits per heavy atom. The van der Waals surface area contributed by atoms with Gasteiger partial charge in [0, 0.05) is 10.6 Å². The van der Waals surface area contributed by atoms with Crippen LogP contribution in [0.25, 0.3) is 0 Å². The average Bonchev–Trinajstić information content (AvgIpc) is 2.84. The van der Waals surface area contributed by atoms with Gasteiger partial charge < -0.3 is 21.7 Å². The Labute approximate surface area is 205 Å². The zero-order valence-corrected chi connectivity index (χ0v) is 20.9. The number of esters is 1. The van der Waals surface area contributed by atoms with Gasteiger partial charge in [0.25, 0.3) is 0 Å². The molecule has 0 aliphatic rings. The highest BCUT2D eigenvalue weighted by Gasteiger charge is 2.46. The molecule has 0 amide bonds. The minimum atomic E-state index is -2.14. The summed E-state index contributed by atoms with van der Waals surface area (Å²) >= 11 is 6.39. The van der Waals surface area contributed by atoms with Crippen LogP contribution in [0, 0.1) is 0 Å². The molecule has 4 aromatic rings. The molecule has 0 radical (unpaired) electrons. The summed E-state index contributed by atoms with van der Waals surface area (Å²) in [6.45, 7) is 0. The van der Waals surface area contributed by atoms with Gasteiger partial charge in [0.05, 0.1) is 18.8 Å². The van der Waals surface area contributed by atoms with E-state index in [1.54, 1.807) is 12.1 Å². The summed E-state index contributed by atoms with van der Waals surface area (Å²) in [4.78, 5) is 12.6. The Hall–Kier alpha value is -2.45. The summed E-state index contributed by atoms with van der Waals surface area (Å²) in [5.74, 6) is -0.348. The molecule has 0 atom stereocenters. The van der Waals surface area contributed by atoms with Crippen LogP contribution in [0.4, 0.5) is 0 Å². The lowest BCUT2D eigenvalue weighted by molar-refractivity contribution is -0.0000207. The van der Waals surface area contributed by atoms with E-state index in [1.165, 1.54) is 23.0 Å². The van der Waals surface area contributed by atoms with Crippen LogP contribution in [0.3, 0.4) is 0 Å². The van der Waals surface area contributed by atoms with Gasteiger partial charge in [0.15, 0.2) is 0 Å². The van der Waals surface area contributed by atoms with E-state index >= 15 is 0 Å². The van der Waals surface area contributed by atoms with Crippen LogP contribution >= 0.6 is 18.9 Å². The van der Waals surface area contributed by atoms with Gasteiger partial charge in [-0.05, 0) is 54.6 Å². The molecule has 0 N–H and O–H groups in total. The largest absolute Gasteiger partial charge is 1.00 e. The monoisotopic (exact) mass is 524 g/mol. The van der Waals surface area contributed by atoms with Crippen molar-refractivity contribution in [2.45, 2.75) is 6.16 Å². The van der Waals surface area contributed by atoms with Gasteiger partial charge in [-0.2, -0.15) is 0 Å². The predicted molar refractivity (Wildman–Crippen MR) is 132 cm³/mol. The van der Waals surface area contributed by atoms with Crippen molar-refractivity contribution in [1.82, 2.24) is 0 Å². The number of rotatable bonds is 6. The first-order valence-corrected chi connectivity index (χ1v) is 12.4. The van der Waals surface area contributed by atoms with Gasteiger partial charge in [-0.15, -0.1) is 0 Å². The standard InChI is InChI=1S/C27H23ClO2P.BrH/c1-30-27(29)26-18-17-22(28)19-21(26)20-31(23-11-5-2-6-12-23,24-13-7-3-8-14-24)25-15-9-4-10-16-25;/h2-19H,20H2,1H3;1H/q+1;/p-1. The second-order valence-corrected chi connectivity index (χ2v) is 11.2. The number of benzene rings is 4. The van der Waals surface area contributed by atoms with E-state index < -0.39 is 7.26 Å². The van der Waals surface area contributed by atoms with Crippen molar-refractivity contribution in [1.29, 1.82) is 0 Å². The van der Waals surface area contributed by atoms with Gasteiger partial charge in [0.2, 0.25) is 0 Å². The molecule has 4 rings (SSSR count). The summed E-state index contributed by atoms with van der Waals surface area (Å²) in [6, 6.07) is 37.1. The number of hydrogen-bond acceptors (Lipinski definition) is 2. The third kappa shape index (κ3) is 4.81. The number of halogens is 2. The fourth-order valence-electron chi connectivity index (χ4n) is 4.03. The number of methoxy groups -OCH3 is 1. The second kappa shape index (κ2) is 10.9. The number of carbonyl (C=O) groups excluding carboxylic acids is 1. The zero-order chi connectivity index (χ0) is 21.7. The molecule has 32 heavy (non-hydrogen) atoms. The fourth-order valence-corrected chi connectivity index (χ4v) is 8.48. The molecule has 0 aliphatic carbocycles. The average molecular weight is 526 g/mol. The molecule has 2 nitrogen and oxygen atoms in total. The van der Waals surface area contributed by atoms with Crippen molar-refractivity contribution in [3.05, 3.63) is 125 Å². The van der Waals surface area contributed by atoms with Gasteiger partial charge in [-0.25, -0.2) is 4.79 Å². The summed E-state index contributed by atoms with van der Waals surface area (Å²) < 4.78 is 5.08. The van der Waals surface area contributed by atoms with E-state index in [1.807, 2.05) is 24.3 Å². The first-order valence-electron chi connectivity index (χ1n) is 10.1. The molecule has 0 spiro atoms. The number of carbonyl (C=O) groups is 1. The molecule has 0 aliphatic heterocycles. The summed E-state index contributed by atoms with van der Waals surface area (Å²) in [6.07, 6.45) is 0.663. The maximum atomic E-state index is 12.6. The lowest BCUT2D eigenvalue weighted by Crippen LogP contribution is -3.00. The molecule has 5 heteroatoms. The van der Waals surface area contributed by atoms with Crippen LogP contribution in [-0.2, 0) is 10.9 Å². The normalized spacial score (nSPS) is 10.8. The Kier molecular flexibility index (Phi) is 8.26. The molecule has 0 bridgehead atoms. The van der Waals surface area contributed by atoms with Crippen molar-refractivity contribution >= 4 is 40.7 Å². The minimum Gasteiger partial charge on any atom is -1.00 e. The Balaban J connectivity index is 0.00000289. The van der Waals surface area contributed by atoms with Crippen LogP contribution in [-0.4, -0.2) is 13.1 Å². The summed E-state index contributed by atoms with van der Waals surface area (Å²) in [5, 5.41) is 4.37. The van der Waals surface area contributed by atoms with Crippen molar-refractivity contribution in [3.8, 4) is 0 Å². The van der Waals surface area contributed by atoms with E-state index in [0.717, 1.165) is 5.56 Å². The van der Waals surface area contributed by atoms with Crippen LogP contribution in [0.15, 0.2) is 109 Å². The third-order valence-electron chi connectivity index (χ3n) is 5.47. The lowest BCUT2D eigenvalue weighted by Gasteiger charge is -2.28. The molecule has 0 saturated heterocycles. The van der Waals surface area contributed by atoms with Crippen molar-refractivity contribution in [2.24, 2.45) is 0 Å². The highest BCUT2D eigenvalue weighted by molar-refractivity contribution is 7.95. The second-order valence-electron chi connectivity index (χ2n) is 7.27. The van der Waals surface area contributed by atoms with Crippen molar-refractivity contribution < 1.29 is 26.5 Å². The van der Waals surface area contributed by atoms with Crippen LogP contribution in [0.2, 0.25) is 5.02 Å². The molecule has 0 fully saturated rings. The molecular formula is C27H23BrClO2P. The maximum absolute atomic E-state index is 12.6. The van der Waals surface area contributed by atoms with E-state index in [4.69, 9.17) is 16.3 Å². The zero-order valence-electron chi connectivity index (χ0n) is 17.6. The maximum Gasteiger partial charge on any atom is 0.338 e. The van der Waals surface area contributed by atoms with Crippen LogP contribution in [0.5, 0.6) is 0 Å². The van der Waals surface area contributed by atoms with Gasteiger partial charge in [-0.3, -0.25) is 0 Å². The Morgan fingerprint density at radius 2 is 1.19 bits per heavy atom. The fraction of sp³-hybridized carbons (Fsp3) is 0.0741. The van der Waals surface area contributed by atoms with Crippen LogP contribution < -0.4 is 32.9 Å². The molecule has 0 aromatic heterocycles. The SMILES string of the molecule is COC(=O)c1ccc(Cl)cc1C[P+](c1ccccc1)(c1ccccc1)c1ccccc1.[Br-]. The van der Waals surface area contributed by atoms with Gasteiger partial charge in [0.1, 0.15) is 23.2 Å². The Bertz CT molecular complexity index is 1070. The summed E-state index contributed by atoms with van der Waals surface area (Å²) in [5.41, 5.74) is 1.45. The topological polar surface area (TPSA) is 26.3 Å². The molecule has 0 saturated carbocycles. The third-order valence-corrected chi connectivity index (χ3v) is 10.1. The predicted octanol–water partition coefficient (Wildman–Crippen LogP) is 2.62. The van der Waals surface area contributed by atoms with E-state index in [0.29, 0.717) is 16.7 Å². The number of hydrogen-bond donors (Lipinski definition) is 0. The van der Waals surface area contributed by atoms with Crippen LogP contribution in [0.1, 0.15) is 15.9 Å². The highest BCUT2D eigenvalue weighted by atomic mass is 79.9. The highest BCUT2D eigenvalue weighted by Crippen LogP contribution is 2.58. The molecule has 4 aromatic carbocycles. The smallest absolute Gasteiger partial charge is 0.338 e. The van der Waals surface area contributed by atoms with Crippen molar-refractivity contribution in [3.63, 3.8) is 0 Å². The van der Waals surface area contributed by atoms with Gasteiger partial charge in [-0.1, -0.05) is 66.2 Å². The van der Waals surface area contributed by atoms with E-state index in [-0.39, 0.29) is 23.0 Å². The van der Waals surface area contributed by atoms with Crippen molar-refractivity contribution in [2.75, 3.05) is 7.11 Å². The molecule has 162 valence electrons. The summed E-state index contributed by atoms with van der Waals surface area (Å²) in [7, 11) is -0.727. The molecule has 0 unspecified atom stereocenters. The minimum absolute atomic E-state index is 0. The first kappa shape index (κ1) is 24.2. The molecule has 0 heterocycles.